The van der Waals surface area contributed by atoms with Crippen molar-refractivity contribution < 1.29 is 13.9 Å². The number of anilines is 1. The van der Waals surface area contributed by atoms with Crippen molar-refractivity contribution >= 4 is 28.8 Å². The number of carbonyl (C=O) groups excluding carboxylic acids is 1. The van der Waals surface area contributed by atoms with Crippen LogP contribution in [0.5, 0.6) is 5.75 Å². The molecular formula is C13H15FN2O2S. The molecular weight excluding hydrogens is 267 g/mol. The Hall–Kier alpha value is -1.69. The number of nitrogens with one attached hydrogen (secondary N) is 1. The summed E-state index contributed by atoms with van der Waals surface area (Å²) in [7, 11) is 0. The Balaban J connectivity index is 2.10. The van der Waals surface area contributed by atoms with Gasteiger partial charge in [0.25, 0.3) is 0 Å². The number of ether oxygens (including phenoxy) is 1. The molecule has 0 aliphatic heterocycles. The van der Waals surface area contributed by atoms with Crippen molar-refractivity contribution in [1.82, 2.24) is 0 Å². The van der Waals surface area contributed by atoms with Crippen LogP contribution in [0.15, 0.2) is 18.2 Å². The van der Waals surface area contributed by atoms with Crippen molar-refractivity contribution in [1.29, 1.82) is 0 Å². The number of thiocarbonyl (C=S) groups is 1. The Morgan fingerprint density at radius 1 is 1.58 bits per heavy atom. The molecule has 0 atom stereocenters. The first kappa shape index (κ1) is 13.7. The fourth-order valence-corrected chi connectivity index (χ4v) is 2.11. The Morgan fingerprint density at radius 2 is 2.26 bits per heavy atom. The molecule has 0 bridgehead atoms. The van der Waals surface area contributed by atoms with Crippen LogP contribution in [0.3, 0.4) is 0 Å². The summed E-state index contributed by atoms with van der Waals surface area (Å²) in [5.74, 6) is -0.626. The molecule has 19 heavy (non-hydrogen) atoms. The Kier molecular flexibility index (Phi) is 3.71. The third kappa shape index (κ3) is 2.68. The number of nitrogens with two attached hydrogens (primary N) is 1. The van der Waals surface area contributed by atoms with E-state index in [2.05, 4.69) is 5.32 Å². The lowest BCUT2D eigenvalue weighted by Crippen LogP contribution is -2.35. The molecule has 1 amide bonds. The molecule has 1 aliphatic carbocycles. The third-order valence-electron chi connectivity index (χ3n) is 3.15. The fraction of sp³-hybridized carbons (Fsp3) is 0.385. The number of halogens is 1. The van der Waals surface area contributed by atoms with Crippen LogP contribution >= 0.6 is 12.2 Å². The van der Waals surface area contributed by atoms with E-state index in [9.17, 15) is 9.18 Å². The van der Waals surface area contributed by atoms with Crippen molar-refractivity contribution in [2.24, 2.45) is 11.1 Å². The topological polar surface area (TPSA) is 64.3 Å². The highest BCUT2D eigenvalue weighted by molar-refractivity contribution is 7.80. The molecule has 1 aliphatic rings. The molecule has 1 aromatic rings. The van der Waals surface area contributed by atoms with Gasteiger partial charge in [-0.15, -0.1) is 0 Å². The normalized spacial score (nSPS) is 15.7. The van der Waals surface area contributed by atoms with Gasteiger partial charge in [-0.25, -0.2) is 4.39 Å². The second-order valence-electron chi connectivity index (χ2n) is 4.48. The summed E-state index contributed by atoms with van der Waals surface area (Å²) in [6.07, 6.45) is 1.29. The molecule has 1 aromatic carbocycles. The number of benzene rings is 1. The van der Waals surface area contributed by atoms with Crippen molar-refractivity contribution in [3.05, 3.63) is 24.0 Å². The Labute approximate surface area is 116 Å². The molecule has 0 unspecified atom stereocenters. The zero-order chi connectivity index (χ0) is 14.0. The summed E-state index contributed by atoms with van der Waals surface area (Å²) >= 11 is 4.89. The van der Waals surface area contributed by atoms with E-state index in [4.69, 9.17) is 22.7 Å². The van der Waals surface area contributed by atoms with E-state index in [0.717, 1.165) is 0 Å². The van der Waals surface area contributed by atoms with E-state index < -0.39 is 11.2 Å². The summed E-state index contributed by atoms with van der Waals surface area (Å²) in [5, 5.41) is 2.63. The third-order valence-corrected chi connectivity index (χ3v) is 3.54. The largest absolute Gasteiger partial charge is 0.491 e. The Bertz CT molecular complexity index is 529. The highest BCUT2D eigenvalue weighted by atomic mass is 32.1. The molecule has 0 aromatic heterocycles. The summed E-state index contributed by atoms with van der Waals surface area (Å²) in [6.45, 7) is 2.15. The van der Waals surface area contributed by atoms with Crippen LogP contribution in [0.4, 0.5) is 10.1 Å². The van der Waals surface area contributed by atoms with Gasteiger partial charge in [0, 0.05) is 11.8 Å². The molecule has 0 spiro atoms. The highest BCUT2D eigenvalue weighted by Crippen LogP contribution is 2.46. The predicted molar refractivity (Wildman–Crippen MR) is 74.7 cm³/mol. The first-order valence-corrected chi connectivity index (χ1v) is 6.44. The van der Waals surface area contributed by atoms with Gasteiger partial charge < -0.3 is 15.8 Å². The number of rotatable bonds is 5. The van der Waals surface area contributed by atoms with Crippen molar-refractivity contribution in [2.75, 3.05) is 11.9 Å². The lowest BCUT2D eigenvalue weighted by molar-refractivity contribution is -0.118. The van der Waals surface area contributed by atoms with Gasteiger partial charge in [-0.3, -0.25) is 4.79 Å². The lowest BCUT2D eigenvalue weighted by Gasteiger charge is -2.14. The van der Waals surface area contributed by atoms with E-state index >= 15 is 0 Å². The molecule has 102 valence electrons. The molecule has 3 N–H and O–H groups in total. The number of amides is 1. The minimum atomic E-state index is -0.746. The maximum absolute atomic E-state index is 13.6. The highest BCUT2D eigenvalue weighted by Gasteiger charge is 2.52. The first-order chi connectivity index (χ1) is 8.99. The SMILES string of the molecule is CCOc1ccc(NC(=O)C2(C(N)=S)CC2)cc1F. The van der Waals surface area contributed by atoms with Gasteiger partial charge >= 0.3 is 0 Å². The second kappa shape index (κ2) is 5.13. The van der Waals surface area contributed by atoms with Crippen molar-refractivity contribution in [3.63, 3.8) is 0 Å². The zero-order valence-electron chi connectivity index (χ0n) is 10.5. The lowest BCUT2D eigenvalue weighted by atomic mass is 10.1. The summed E-state index contributed by atoms with van der Waals surface area (Å²) in [6, 6.07) is 4.29. The predicted octanol–water partition coefficient (Wildman–Crippen LogP) is 2.23. The maximum Gasteiger partial charge on any atom is 0.237 e. The molecule has 4 nitrogen and oxygen atoms in total. The average Bonchev–Trinajstić information content (AvgIpc) is 3.14. The van der Waals surface area contributed by atoms with Crippen LogP contribution in [0.25, 0.3) is 0 Å². The smallest absolute Gasteiger partial charge is 0.237 e. The van der Waals surface area contributed by atoms with E-state index in [1.54, 1.807) is 13.0 Å². The average molecular weight is 282 g/mol. The quantitative estimate of drug-likeness (QED) is 0.813. The summed E-state index contributed by atoms with van der Waals surface area (Å²) in [5.41, 5.74) is 5.18. The molecule has 1 saturated carbocycles. The van der Waals surface area contributed by atoms with Gasteiger partial charge in [-0.1, -0.05) is 12.2 Å². The standard InChI is InChI=1S/C13H15FN2O2S/c1-2-18-10-4-3-8(7-9(10)14)16-12(17)13(5-6-13)11(15)19/h3-4,7H,2,5-6H2,1H3,(H2,15,19)(H,16,17). The van der Waals surface area contributed by atoms with Gasteiger partial charge in [-0.2, -0.15) is 0 Å². The first-order valence-electron chi connectivity index (χ1n) is 6.03. The minimum absolute atomic E-state index is 0.163. The molecule has 1 fully saturated rings. The van der Waals surface area contributed by atoms with Crippen LogP contribution in [0.2, 0.25) is 0 Å². The van der Waals surface area contributed by atoms with Gasteiger partial charge in [0.2, 0.25) is 5.91 Å². The van der Waals surface area contributed by atoms with E-state index in [0.29, 0.717) is 25.1 Å². The summed E-state index contributed by atoms with van der Waals surface area (Å²) < 4.78 is 18.7. The number of hydrogen-bond acceptors (Lipinski definition) is 3. The van der Waals surface area contributed by atoms with Gasteiger partial charge in [0.1, 0.15) is 0 Å². The van der Waals surface area contributed by atoms with E-state index in [1.165, 1.54) is 12.1 Å². The Morgan fingerprint density at radius 3 is 2.74 bits per heavy atom. The van der Waals surface area contributed by atoms with Crippen LogP contribution in [-0.4, -0.2) is 17.5 Å². The number of hydrogen-bond donors (Lipinski definition) is 2. The molecule has 0 radical (unpaired) electrons. The monoisotopic (exact) mass is 282 g/mol. The van der Waals surface area contributed by atoms with E-state index in [-0.39, 0.29) is 16.6 Å². The van der Waals surface area contributed by atoms with Crippen LogP contribution in [0.1, 0.15) is 19.8 Å². The molecule has 0 heterocycles. The van der Waals surface area contributed by atoms with Gasteiger partial charge in [-0.05, 0) is 31.9 Å². The maximum atomic E-state index is 13.6. The van der Waals surface area contributed by atoms with Crippen molar-refractivity contribution in [3.8, 4) is 5.75 Å². The van der Waals surface area contributed by atoms with Crippen molar-refractivity contribution in [2.45, 2.75) is 19.8 Å². The van der Waals surface area contributed by atoms with Crippen LogP contribution in [0, 0.1) is 11.2 Å². The van der Waals surface area contributed by atoms with Gasteiger partial charge in [0.15, 0.2) is 11.6 Å². The van der Waals surface area contributed by atoms with Gasteiger partial charge in [0.05, 0.1) is 17.0 Å². The number of carbonyl (C=O) groups is 1. The summed E-state index contributed by atoms with van der Waals surface area (Å²) in [4.78, 5) is 12.2. The minimum Gasteiger partial charge on any atom is -0.491 e. The second-order valence-corrected chi connectivity index (χ2v) is 4.92. The molecule has 6 heteroatoms. The van der Waals surface area contributed by atoms with E-state index in [1.807, 2.05) is 0 Å². The zero-order valence-corrected chi connectivity index (χ0v) is 11.3. The molecule has 2 rings (SSSR count). The van der Waals surface area contributed by atoms with Crippen LogP contribution < -0.4 is 15.8 Å². The molecule has 0 saturated heterocycles. The van der Waals surface area contributed by atoms with Crippen LogP contribution in [-0.2, 0) is 4.79 Å². The fourth-order valence-electron chi connectivity index (χ4n) is 1.81.